The van der Waals surface area contributed by atoms with Crippen LogP contribution in [0.15, 0.2) is 0 Å². The van der Waals surface area contributed by atoms with Crippen LogP contribution in [0, 0.1) is 5.41 Å². The van der Waals surface area contributed by atoms with Gasteiger partial charge in [0.25, 0.3) is 0 Å². The Morgan fingerprint density at radius 3 is 2.93 bits per heavy atom. The molecule has 90 valence electrons. The molecule has 1 saturated heterocycles. The van der Waals surface area contributed by atoms with Crippen molar-refractivity contribution < 1.29 is 0 Å². The first-order valence-electron chi connectivity index (χ1n) is 6.15. The van der Waals surface area contributed by atoms with E-state index in [-0.39, 0.29) is 0 Å². The highest BCUT2D eigenvalue weighted by Crippen LogP contribution is 2.28. The van der Waals surface area contributed by atoms with E-state index >= 15 is 0 Å². The Morgan fingerprint density at radius 2 is 2.27 bits per heavy atom. The monoisotopic (exact) mass is 230 g/mol. The molecule has 1 rings (SSSR count). The number of rotatable bonds is 7. The van der Waals surface area contributed by atoms with Crippen molar-refractivity contribution in [3.05, 3.63) is 0 Å². The lowest BCUT2D eigenvalue weighted by Gasteiger charge is -2.24. The maximum Gasteiger partial charge on any atom is 0.00480 e. The van der Waals surface area contributed by atoms with Crippen LogP contribution in [-0.2, 0) is 0 Å². The van der Waals surface area contributed by atoms with Gasteiger partial charge in [0, 0.05) is 13.1 Å². The molecule has 1 aliphatic rings. The van der Waals surface area contributed by atoms with Gasteiger partial charge in [-0.2, -0.15) is 11.8 Å². The Morgan fingerprint density at radius 1 is 1.47 bits per heavy atom. The van der Waals surface area contributed by atoms with Gasteiger partial charge in [-0.05, 0) is 49.9 Å². The third kappa shape index (κ3) is 4.75. The quantitative estimate of drug-likeness (QED) is 0.674. The van der Waals surface area contributed by atoms with Crippen molar-refractivity contribution in [2.24, 2.45) is 5.41 Å². The van der Waals surface area contributed by atoms with Crippen LogP contribution in [0.1, 0.15) is 26.7 Å². The molecule has 0 saturated carbocycles. The van der Waals surface area contributed by atoms with Crippen LogP contribution in [0.4, 0.5) is 0 Å². The van der Waals surface area contributed by atoms with Crippen molar-refractivity contribution >= 4 is 11.8 Å². The van der Waals surface area contributed by atoms with Crippen molar-refractivity contribution in [3.8, 4) is 0 Å². The molecule has 1 aliphatic heterocycles. The van der Waals surface area contributed by atoms with Gasteiger partial charge in [-0.15, -0.1) is 0 Å². The molecular weight excluding hydrogens is 204 g/mol. The Bertz CT molecular complexity index is 175. The van der Waals surface area contributed by atoms with Gasteiger partial charge in [-0.3, -0.25) is 0 Å². The lowest BCUT2D eigenvalue weighted by atomic mass is 9.90. The fourth-order valence-electron chi connectivity index (χ4n) is 2.42. The van der Waals surface area contributed by atoms with Gasteiger partial charge in [0.2, 0.25) is 0 Å². The third-order valence-electron chi connectivity index (χ3n) is 3.21. The lowest BCUT2D eigenvalue weighted by molar-refractivity contribution is 0.272. The van der Waals surface area contributed by atoms with E-state index in [4.69, 9.17) is 0 Å². The normalized spacial score (nSPS) is 27.4. The molecule has 15 heavy (non-hydrogen) atoms. The first-order valence-corrected chi connectivity index (χ1v) is 7.30. The fourth-order valence-corrected chi connectivity index (χ4v) is 3.04. The standard InChI is InChI=1S/C12H26N2S/c1-4-15-9-5-7-14-8-6-12(2,11-14)10-13-3/h13H,4-11H2,1-3H3. The van der Waals surface area contributed by atoms with Gasteiger partial charge in [-0.25, -0.2) is 0 Å². The zero-order chi connectivity index (χ0) is 11.1. The predicted octanol–water partition coefficient (Wildman–Crippen LogP) is 2.06. The Balaban J connectivity index is 2.13. The molecule has 0 amide bonds. The van der Waals surface area contributed by atoms with E-state index in [0.29, 0.717) is 5.41 Å². The highest BCUT2D eigenvalue weighted by molar-refractivity contribution is 7.99. The number of thioether (sulfide) groups is 1. The van der Waals surface area contributed by atoms with Gasteiger partial charge in [0.15, 0.2) is 0 Å². The summed E-state index contributed by atoms with van der Waals surface area (Å²) in [6.07, 6.45) is 2.71. The van der Waals surface area contributed by atoms with Crippen LogP contribution >= 0.6 is 11.8 Å². The molecule has 1 unspecified atom stereocenters. The molecular formula is C12H26N2S. The molecule has 0 aromatic carbocycles. The maximum absolute atomic E-state index is 3.32. The SMILES string of the molecule is CCSCCCN1CCC(C)(CNC)C1. The van der Waals surface area contributed by atoms with Crippen molar-refractivity contribution in [1.82, 2.24) is 10.2 Å². The number of nitrogens with one attached hydrogen (secondary N) is 1. The van der Waals surface area contributed by atoms with E-state index in [9.17, 15) is 0 Å². The van der Waals surface area contributed by atoms with Crippen LogP contribution < -0.4 is 5.32 Å². The summed E-state index contributed by atoms with van der Waals surface area (Å²) in [5, 5.41) is 3.32. The van der Waals surface area contributed by atoms with Crippen molar-refractivity contribution in [2.45, 2.75) is 26.7 Å². The second-order valence-corrected chi connectivity index (χ2v) is 6.31. The average Bonchev–Trinajstić information content (AvgIpc) is 2.56. The largest absolute Gasteiger partial charge is 0.319 e. The minimum atomic E-state index is 0.520. The molecule has 0 spiro atoms. The molecule has 1 N–H and O–H groups in total. The predicted molar refractivity (Wildman–Crippen MR) is 70.7 cm³/mol. The molecule has 1 atom stereocenters. The minimum absolute atomic E-state index is 0.520. The third-order valence-corrected chi connectivity index (χ3v) is 4.19. The highest BCUT2D eigenvalue weighted by atomic mass is 32.2. The van der Waals surface area contributed by atoms with E-state index in [1.165, 1.54) is 44.0 Å². The summed E-state index contributed by atoms with van der Waals surface area (Å²) in [5.41, 5.74) is 0.520. The van der Waals surface area contributed by atoms with Gasteiger partial charge < -0.3 is 10.2 Å². The molecule has 0 aromatic rings. The van der Waals surface area contributed by atoms with Crippen LogP contribution in [0.2, 0.25) is 0 Å². The van der Waals surface area contributed by atoms with E-state index in [0.717, 1.165) is 6.54 Å². The smallest absolute Gasteiger partial charge is 0.00480 e. The molecule has 2 nitrogen and oxygen atoms in total. The fraction of sp³-hybridized carbons (Fsp3) is 1.00. The summed E-state index contributed by atoms with van der Waals surface area (Å²) in [6.45, 7) is 9.69. The second kappa shape index (κ2) is 6.77. The Labute approximate surface area is 99.2 Å². The maximum atomic E-state index is 3.32. The Hall–Kier alpha value is 0.270. The number of nitrogens with zero attached hydrogens (tertiary/aromatic N) is 1. The van der Waals surface area contributed by atoms with Gasteiger partial charge in [0.05, 0.1) is 0 Å². The molecule has 0 aliphatic carbocycles. The summed E-state index contributed by atoms with van der Waals surface area (Å²) in [4.78, 5) is 2.63. The van der Waals surface area contributed by atoms with Crippen LogP contribution in [0.25, 0.3) is 0 Å². The average molecular weight is 230 g/mol. The Kier molecular flexibility index (Phi) is 6.02. The summed E-state index contributed by atoms with van der Waals surface area (Å²) < 4.78 is 0. The van der Waals surface area contributed by atoms with E-state index in [2.05, 4.69) is 42.9 Å². The minimum Gasteiger partial charge on any atom is -0.319 e. The molecule has 0 radical (unpaired) electrons. The number of hydrogen-bond acceptors (Lipinski definition) is 3. The summed E-state index contributed by atoms with van der Waals surface area (Å²) >= 11 is 2.06. The van der Waals surface area contributed by atoms with Crippen molar-refractivity contribution in [3.63, 3.8) is 0 Å². The van der Waals surface area contributed by atoms with E-state index < -0.39 is 0 Å². The van der Waals surface area contributed by atoms with Crippen molar-refractivity contribution in [1.29, 1.82) is 0 Å². The van der Waals surface area contributed by atoms with Crippen LogP contribution in [0.3, 0.4) is 0 Å². The zero-order valence-corrected chi connectivity index (χ0v) is 11.3. The molecule has 0 bridgehead atoms. The molecule has 1 heterocycles. The van der Waals surface area contributed by atoms with Crippen molar-refractivity contribution in [2.75, 3.05) is 44.7 Å². The van der Waals surface area contributed by atoms with E-state index in [1.807, 2.05) is 0 Å². The summed E-state index contributed by atoms with van der Waals surface area (Å²) in [5.74, 6) is 2.59. The summed E-state index contributed by atoms with van der Waals surface area (Å²) in [6, 6.07) is 0. The van der Waals surface area contributed by atoms with Gasteiger partial charge in [-0.1, -0.05) is 13.8 Å². The van der Waals surface area contributed by atoms with Gasteiger partial charge >= 0.3 is 0 Å². The number of likely N-dealkylation sites (tertiary alicyclic amines) is 1. The highest BCUT2D eigenvalue weighted by Gasteiger charge is 2.32. The lowest BCUT2D eigenvalue weighted by Crippen LogP contribution is -2.33. The molecule has 3 heteroatoms. The molecule has 1 fully saturated rings. The second-order valence-electron chi connectivity index (χ2n) is 4.92. The first-order chi connectivity index (χ1) is 7.20. The topological polar surface area (TPSA) is 15.3 Å². The number of hydrogen-bond donors (Lipinski definition) is 1. The van der Waals surface area contributed by atoms with Crippen LogP contribution in [0.5, 0.6) is 0 Å². The first kappa shape index (κ1) is 13.3. The summed E-state index contributed by atoms with van der Waals surface area (Å²) in [7, 11) is 2.06. The van der Waals surface area contributed by atoms with E-state index in [1.54, 1.807) is 0 Å². The van der Waals surface area contributed by atoms with Gasteiger partial charge in [0.1, 0.15) is 0 Å². The molecule has 0 aromatic heterocycles. The van der Waals surface area contributed by atoms with Crippen LogP contribution in [-0.4, -0.2) is 49.6 Å². The zero-order valence-electron chi connectivity index (χ0n) is 10.5.